The summed E-state index contributed by atoms with van der Waals surface area (Å²) >= 11 is 0. The summed E-state index contributed by atoms with van der Waals surface area (Å²) in [6.07, 6.45) is 0. The van der Waals surface area contributed by atoms with Gasteiger partial charge in [0.1, 0.15) is 50.0 Å². The standard InChI is InChI=1S/C21H26FN3O3/c1-27-19-5-3-4-18(13-19)23-21(26)15-25-10-8-24(9-11-25)14-16-12-17(22)6-7-20(16)28-2/h3-7,12-13H,8-11,14-15H2,1-2H3,(H,23,26)/p+2. The number of piperazine rings is 1. The van der Waals surface area contributed by atoms with Gasteiger partial charge >= 0.3 is 0 Å². The normalized spacial score (nSPS) is 19.1. The molecule has 28 heavy (non-hydrogen) atoms. The second-order valence-electron chi connectivity index (χ2n) is 7.09. The molecule has 0 bridgehead atoms. The van der Waals surface area contributed by atoms with Crippen LogP contribution in [0.5, 0.6) is 11.5 Å². The molecule has 0 spiro atoms. The predicted molar refractivity (Wildman–Crippen MR) is 105 cm³/mol. The second-order valence-corrected chi connectivity index (χ2v) is 7.09. The number of carbonyl (C=O) groups excluding carboxylic acids is 1. The Balaban J connectivity index is 1.47. The van der Waals surface area contributed by atoms with Crippen LogP contribution in [0.2, 0.25) is 0 Å². The van der Waals surface area contributed by atoms with Gasteiger partial charge in [0.15, 0.2) is 6.54 Å². The van der Waals surface area contributed by atoms with Crippen LogP contribution >= 0.6 is 0 Å². The minimum absolute atomic E-state index is 0.00139. The average molecular weight is 389 g/mol. The highest BCUT2D eigenvalue weighted by Gasteiger charge is 2.25. The Morgan fingerprint density at radius 3 is 2.50 bits per heavy atom. The number of halogens is 1. The van der Waals surface area contributed by atoms with Crippen molar-refractivity contribution in [1.29, 1.82) is 0 Å². The molecule has 0 unspecified atom stereocenters. The number of hydrogen-bond donors (Lipinski definition) is 3. The van der Waals surface area contributed by atoms with Crippen LogP contribution in [0, 0.1) is 5.82 Å². The lowest BCUT2D eigenvalue weighted by Gasteiger charge is -2.29. The number of ether oxygens (including phenoxy) is 2. The van der Waals surface area contributed by atoms with Crippen LogP contribution in [-0.2, 0) is 11.3 Å². The van der Waals surface area contributed by atoms with Crippen LogP contribution in [0.25, 0.3) is 0 Å². The molecule has 2 aromatic carbocycles. The molecule has 0 aliphatic carbocycles. The van der Waals surface area contributed by atoms with Crippen molar-refractivity contribution in [2.24, 2.45) is 0 Å². The van der Waals surface area contributed by atoms with E-state index in [1.165, 1.54) is 15.9 Å². The quantitative estimate of drug-likeness (QED) is 0.613. The van der Waals surface area contributed by atoms with E-state index < -0.39 is 0 Å². The Morgan fingerprint density at radius 2 is 1.79 bits per heavy atom. The number of anilines is 1. The highest BCUT2D eigenvalue weighted by molar-refractivity contribution is 5.91. The third-order valence-corrected chi connectivity index (χ3v) is 5.11. The highest BCUT2D eigenvalue weighted by atomic mass is 19.1. The first-order chi connectivity index (χ1) is 13.6. The summed E-state index contributed by atoms with van der Waals surface area (Å²) in [7, 11) is 3.21. The molecule has 3 rings (SSSR count). The van der Waals surface area contributed by atoms with Crippen molar-refractivity contribution >= 4 is 11.6 Å². The lowest BCUT2D eigenvalue weighted by Crippen LogP contribution is -3.28. The molecule has 0 radical (unpaired) electrons. The summed E-state index contributed by atoms with van der Waals surface area (Å²) in [5.41, 5.74) is 1.63. The number of quaternary nitrogens is 2. The number of rotatable bonds is 7. The Bertz CT molecular complexity index is 807. The zero-order chi connectivity index (χ0) is 19.9. The van der Waals surface area contributed by atoms with E-state index in [0.717, 1.165) is 55.5 Å². The molecule has 0 atom stereocenters. The average Bonchev–Trinajstić information content (AvgIpc) is 2.70. The van der Waals surface area contributed by atoms with Gasteiger partial charge in [-0.2, -0.15) is 0 Å². The number of carbonyl (C=O) groups is 1. The first-order valence-corrected chi connectivity index (χ1v) is 9.51. The SMILES string of the molecule is COc1cccc(NC(=O)C[NH+]2CC[NH+](Cc3cc(F)ccc3OC)CC2)c1. The molecule has 2 aromatic rings. The van der Waals surface area contributed by atoms with E-state index in [4.69, 9.17) is 9.47 Å². The van der Waals surface area contributed by atoms with Gasteiger partial charge in [-0.3, -0.25) is 4.79 Å². The van der Waals surface area contributed by atoms with Gasteiger partial charge in [0.25, 0.3) is 5.91 Å². The zero-order valence-corrected chi connectivity index (χ0v) is 16.4. The molecule has 1 amide bonds. The third kappa shape index (κ3) is 5.43. The van der Waals surface area contributed by atoms with E-state index in [-0.39, 0.29) is 11.7 Å². The summed E-state index contributed by atoms with van der Waals surface area (Å²) in [6.45, 7) is 4.83. The Morgan fingerprint density at radius 1 is 1.04 bits per heavy atom. The maximum Gasteiger partial charge on any atom is 0.279 e. The van der Waals surface area contributed by atoms with Crippen LogP contribution in [0.4, 0.5) is 10.1 Å². The summed E-state index contributed by atoms with van der Waals surface area (Å²) in [4.78, 5) is 15.0. The molecule has 150 valence electrons. The summed E-state index contributed by atoms with van der Waals surface area (Å²) in [5, 5.41) is 2.93. The van der Waals surface area contributed by atoms with Gasteiger partial charge in [0, 0.05) is 11.8 Å². The summed E-state index contributed by atoms with van der Waals surface area (Å²) < 4.78 is 24.1. The number of methoxy groups -OCH3 is 2. The highest BCUT2D eigenvalue weighted by Crippen LogP contribution is 2.18. The monoisotopic (exact) mass is 389 g/mol. The minimum Gasteiger partial charge on any atom is -0.497 e. The topological polar surface area (TPSA) is 56.4 Å². The lowest BCUT2D eigenvalue weighted by molar-refractivity contribution is -1.02. The molecule has 1 aliphatic rings. The van der Waals surface area contributed by atoms with Gasteiger partial charge in [-0.15, -0.1) is 0 Å². The largest absolute Gasteiger partial charge is 0.497 e. The second kappa shape index (κ2) is 9.52. The third-order valence-electron chi connectivity index (χ3n) is 5.11. The first kappa shape index (κ1) is 20.1. The van der Waals surface area contributed by atoms with Crippen molar-refractivity contribution in [3.63, 3.8) is 0 Å². The summed E-state index contributed by atoms with van der Waals surface area (Å²) in [5.74, 6) is 1.20. The van der Waals surface area contributed by atoms with Gasteiger partial charge in [0.2, 0.25) is 0 Å². The van der Waals surface area contributed by atoms with Crippen LogP contribution < -0.4 is 24.6 Å². The molecular weight excluding hydrogens is 361 g/mol. The Kier molecular flexibility index (Phi) is 6.84. The molecule has 1 fully saturated rings. The lowest BCUT2D eigenvalue weighted by atomic mass is 10.1. The van der Waals surface area contributed by atoms with Gasteiger partial charge in [-0.1, -0.05) is 6.07 Å². The first-order valence-electron chi connectivity index (χ1n) is 9.51. The van der Waals surface area contributed by atoms with Crippen molar-refractivity contribution in [1.82, 2.24) is 0 Å². The van der Waals surface area contributed by atoms with Crippen LogP contribution in [0.15, 0.2) is 42.5 Å². The molecule has 1 saturated heterocycles. The number of nitrogens with one attached hydrogen (secondary N) is 3. The molecule has 0 saturated carbocycles. The van der Waals surface area contributed by atoms with Crippen molar-refractivity contribution in [2.45, 2.75) is 6.54 Å². The molecule has 3 N–H and O–H groups in total. The molecule has 1 aliphatic heterocycles. The van der Waals surface area contributed by atoms with E-state index in [0.29, 0.717) is 6.54 Å². The minimum atomic E-state index is -0.242. The van der Waals surface area contributed by atoms with Gasteiger partial charge in [-0.05, 0) is 30.3 Å². The van der Waals surface area contributed by atoms with Gasteiger partial charge in [-0.25, -0.2) is 4.39 Å². The van der Waals surface area contributed by atoms with Crippen LogP contribution in [0.1, 0.15) is 5.56 Å². The van der Waals surface area contributed by atoms with E-state index in [1.807, 2.05) is 24.3 Å². The molecule has 0 aromatic heterocycles. The van der Waals surface area contributed by atoms with E-state index >= 15 is 0 Å². The van der Waals surface area contributed by atoms with Crippen LogP contribution in [0.3, 0.4) is 0 Å². The maximum atomic E-state index is 13.5. The molecule has 7 heteroatoms. The predicted octanol–water partition coefficient (Wildman–Crippen LogP) is -0.235. The fourth-order valence-corrected chi connectivity index (χ4v) is 3.60. The number of amides is 1. The van der Waals surface area contributed by atoms with Gasteiger partial charge < -0.3 is 24.6 Å². The maximum absolute atomic E-state index is 13.5. The fourth-order valence-electron chi connectivity index (χ4n) is 3.60. The van der Waals surface area contributed by atoms with E-state index in [2.05, 4.69) is 5.32 Å². The van der Waals surface area contributed by atoms with Crippen molar-refractivity contribution < 1.29 is 28.5 Å². The zero-order valence-electron chi connectivity index (χ0n) is 16.4. The molecule has 6 nitrogen and oxygen atoms in total. The van der Waals surface area contributed by atoms with Crippen molar-refractivity contribution in [3.8, 4) is 11.5 Å². The van der Waals surface area contributed by atoms with E-state index in [1.54, 1.807) is 26.4 Å². The van der Waals surface area contributed by atoms with Crippen LogP contribution in [-0.4, -0.2) is 52.9 Å². The van der Waals surface area contributed by atoms with Crippen molar-refractivity contribution in [3.05, 3.63) is 53.8 Å². The smallest absolute Gasteiger partial charge is 0.279 e. The Hall–Kier alpha value is -2.64. The number of benzene rings is 2. The Labute approximate surface area is 164 Å². The summed E-state index contributed by atoms with van der Waals surface area (Å²) in [6, 6.07) is 12.0. The van der Waals surface area contributed by atoms with E-state index in [9.17, 15) is 9.18 Å². The molecular formula is C21H28FN3O3+2. The van der Waals surface area contributed by atoms with Gasteiger partial charge in [0.05, 0.1) is 19.8 Å². The molecule has 1 heterocycles. The fraction of sp³-hybridized carbons (Fsp3) is 0.381. The van der Waals surface area contributed by atoms with Crippen molar-refractivity contribution in [2.75, 3.05) is 52.3 Å². The number of hydrogen-bond acceptors (Lipinski definition) is 3.